The molecule has 1 amide bonds. The molecule has 4 nitrogen and oxygen atoms in total. The first kappa shape index (κ1) is 13.0. The van der Waals surface area contributed by atoms with E-state index in [0.29, 0.717) is 11.6 Å². The lowest BCUT2D eigenvalue weighted by molar-refractivity contribution is -0.113. The standard InChI is InChI=1S/C13H17N3OS/c1-13(2,3)18-8-11(17)14-12-9-6-4-5-7-10(9)15-16-12/h4-7H,8H2,1-3H3,(H2,14,15,16,17). The molecule has 0 bridgehead atoms. The number of hydrogen-bond acceptors (Lipinski definition) is 3. The van der Waals surface area contributed by atoms with E-state index in [9.17, 15) is 4.79 Å². The zero-order valence-electron chi connectivity index (χ0n) is 10.8. The van der Waals surface area contributed by atoms with Gasteiger partial charge in [-0.1, -0.05) is 32.9 Å². The first-order valence-electron chi connectivity index (χ1n) is 5.83. The summed E-state index contributed by atoms with van der Waals surface area (Å²) in [6.07, 6.45) is 0. The number of nitrogens with one attached hydrogen (secondary N) is 2. The lowest BCUT2D eigenvalue weighted by Gasteiger charge is -2.16. The number of anilines is 1. The Hall–Kier alpha value is -1.49. The van der Waals surface area contributed by atoms with Crippen LogP contribution in [0.25, 0.3) is 10.9 Å². The maximum atomic E-state index is 11.8. The molecule has 0 saturated carbocycles. The molecule has 0 aliphatic carbocycles. The van der Waals surface area contributed by atoms with Crippen LogP contribution in [0, 0.1) is 0 Å². The maximum absolute atomic E-state index is 11.8. The van der Waals surface area contributed by atoms with Gasteiger partial charge in [0, 0.05) is 10.1 Å². The number of amides is 1. The molecule has 0 saturated heterocycles. The molecule has 0 spiro atoms. The molecule has 1 aromatic carbocycles. The Morgan fingerprint density at radius 2 is 2.11 bits per heavy atom. The molecule has 0 unspecified atom stereocenters. The number of carbonyl (C=O) groups excluding carboxylic acids is 1. The molecular formula is C13H17N3OS. The van der Waals surface area contributed by atoms with Crippen molar-refractivity contribution >= 4 is 34.4 Å². The Morgan fingerprint density at radius 3 is 2.83 bits per heavy atom. The summed E-state index contributed by atoms with van der Waals surface area (Å²) in [6.45, 7) is 6.28. The summed E-state index contributed by atoms with van der Waals surface area (Å²) in [5.41, 5.74) is 0.927. The number of fused-ring (bicyclic) bond motifs is 1. The topological polar surface area (TPSA) is 57.8 Å². The minimum atomic E-state index is -0.0211. The van der Waals surface area contributed by atoms with Crippen LogP contribution in [0.5, 0.6) is 0 Å². The van der Waals surface area contributed by atoms with Crippen LogP contribution in [-0.4, -0.2) is 26.6 Å². The Morgan fingerprint density at radius 1 is 1.39 bits per heavy atom. The summed E-state index contributed by atoms with van der Waals surface area (Å²) >= 11 is 1.62. The van der Waals surface area contributed by atoms with Gasteiger partial charge < -0.3 is 5.32 Å². The van der Waals surface area contributed by atoms with Gasteiger partial charge in [0.25, 0.3) is 0 Å². The van der Waals surface area contributed by atoms with Crippen LogP contribution in [0.1, 0.15) is 20.8 Å². The second-order valence-electron chi connectivity index (χ2n) is 5.07. The van der Waals surface area contributed by atoms with Crippen LogP contribution in [-0.2, 0) is 4.79 Å². The number of aromatic amines is 1. The second-order valence-corrected chi connectivity index (χ2v) is 6.87. The fourth-order valence-electron chi connectivity index (χ4n) is 1.51. The van der Waals surface area contributed by atoms with Gasteiger partial charge >= 0.3 is 0 Å². The first-order valence-corrected chi connectivity index (χ1v) is 6.81. The smallest absolute Gasteiger partial charge is 0.235 e. The van der Waals surface area contributed by atoms with Crippen LogP contribution in [0.15, 0.2) is 24.3 Å². The third kappa shape index (κ3) is 3.26. The van der Waals surface area contributed by atoms with Crippen molar-refractivity contribution in [3.8, 4) is 0 Å². The van der Waals surface area contributed by atoms with E-state index < -0.39 is 0 Å². The van der Waals surface area contributed by atoms with Crippen molar-refractivity contribution in [3.63, 3.8) is 0 Å². The second kappa shape index (κ2) is 5.02. The average molecular weight is 263 g/mol. The fraction of sp³-hybridized carbons (Fsp3) is 0.385. The molecule has 18 heavy (non-hydrogen) atoms. The molecule has 0 aliphatic rings. The number of rotatable bonds is 3. The van der Waals surface area contributed by atoms with E-state index in [0.717, 1.165) is 10.9 Å². The molecule has 1 aromatic heterocycles. The molecule has 2 N–H and O–H groups in total. The van der Waals surface area contributed by atoms with Crippen molar-refractivity contribution in [1.29, 1.82) is 0 Å². The molecule has 0 fully saturated rings. The summed E-state index contributed by atoms with van der Waals surface area (Å²) in [6, 6.07) is 7.73. The maximum Gasteiger partial charge on any atom is 0.235 e. The third-order valence-corrected chi connectivity index (χ3v) is 3.64. The van der Waals surface area contributed by atoms with E-state index in [1.165, 1.54) is 0 Å². The van der Waals surface area contributed by atoms with Gasteiger partial charge in [0.2, 0.25) is 5.91 Å². The molecule has 5 heteroatoms. The van der Waals surface area contributed by atoms with Crippen LogP contribution >= 0.6 is 11.8 Å². The summed E-state index contributed by atoms with van der Waals surface area (Å²) in [4.78, 5) is 11.8. The number of thioether (sulfide) groups is 1. The van der Waals surface area contributed by atoms with Crippen molar-refractivity contribution in [2.75, 3.05) is 11.1 Å². The van der Waals surface area contributed by atoms with Gasteiger partial charge in [0.1, 0.15) is 0 Å². The quantitative estimate of drug-likeness (QED) is 0.895. The zero-order valence-corrected chi connectivity index (χ0v) is 11.6. The normalized spacial score (nSPS) is 11.7. The fourth-order valence-corrected chi connectivity index (χ4v) is 2.15. The van der Waals surface area contributed by atoms with Gasteiger partial charge in [-0.05, 0) is 12.1 Å². The molecule has 0 radical (unpaired) electrons. The molecular weight excluding hydrogens is 246 g/mol. The Balaban J connectivity index is 2.03. The lowest BCUT2D eigenvalue weighted by atomic mass is 10.2. The molecule has 0 atom stereocenters. The monoisotopic (exact) mass is 263 g/mol. The van der Waals surface area contributed by atoms with E-state index in [1.54, 1.807) is 11.8 Å². The Bertz CT molecular complexity index is 557. The highest BCUT2D eigenvalue weighted by Crippen LogP contribution is 2.24. The number of hydrogen-bond donors (Lipinski definition) is 2. The van der Waals surface area contributed by atoms with Crippen molar-refractivity contribution in [2.45, 2.75) is 25.5 Å². The van der Waals surface area contributed by atoms with Gasteiger partial charge in [0.15, 0.2) is 5.82 Å². The van der Waals surface area contributed by atoms with E-state index in [-0.39, 0.29) is 10.7 Å². The summed E-state index contributed by atoms with van der Waals surface area (Å²) < 4.78 is 0.0883. The number of para-hydroxylation sites is 1. The van der Waals surface area contributed by atoms with E-state index in [2.05, 4.69) is 36.3 Å². The lowest BCUT2D eigenvalue weighted by Crippen LogP contribution is -2.19. The number of carbonyl (C=O) groups is 1. The van der Waals surface area contributed by atoms with E-state index in [4.69, 9.17) is 0 Å². The highest BCUT2D eigenvalue weighted by atomic mass is 32.2. The van der Waals surface area contributed by atoms with Gasteiger partial charge in [-0.2, -0.15) is 5.10 Å². The number of H-pyrrole nitrogens is 1. The van der Waals surface area contributed by atoms with Crippen LogP contribution in [0.3, 0.4) is 0 Å². The highest BCUT2D eigenvalue weighted by Gasteiger charge is 2.14. The minimum Gasteiger partial charge on any atom is -0.308 e. The van der Waals surface area contributed by atoms with Crippen molar-refractivity contribution < 1.29 is 4.79 Å². The first-order chi connectivity index (χ1) is 8.46. The van der Waals surface area contributed by atoms with E-state index >= 15 is 0 Å². The largest absolute Gasteiger partial charge is 0.308 e. The molecule has 96 valence electrons. The van der Waals surface area contributed by atoms with Crippen molar-refractivity contribution in [3.05, 3.63) is 24.3 Å². The molecule has 1 heterocycles. The predicted molar refractivity (Wildman–Crippen MR) is 76.9 cm³/mol. The molecule has 2 rings (SSSR count). The minimum absolute atomic E-state index is 0.0211. The number of aromatic nitrogens is 2. The summed E-state index contributed by atoms with van der Waals surface area (Å²) in [7, 11) is 0. The predicted octanol–water partition coefficient (Wildman–Crippen LogP) is 3.03. The Kier molecular flexibility index (Phi) is 3.61. The molecule has 0 aliphatic heterocycles. The highest BCUT2D eigenvalue weighted by molar-refractivity contribution is 8.01. The van der Waals surface area contributed by atoms with Gasteiger partial charge in [-0.15, -0.1) is 11.8 Å². The number of benzene rings is 1. The van der Waals surface area contributed by atoms with Crippen LogP contribution < -0.4 is 5.32 Å². The average Bonchev–Trinajstić information content (AvgIpc) is 2.70. The SMILES string of the molecule is CC(C)(C)SCC(=O)Nc1n[nH]c2ccccc12. The van der Waals surface area contributed by atoms with Gasteiger partial charge in [-0.25, -0.2) is 0 Å². The summed E-state index contributed by atoms with van der Waals surface area (Å²) in [5, 5.41) is 10.8. The van der Waals surface area contributed by atoms with Gasteiger partial charge in [0.05, 0.1) is 11.3 Å². The molecule has 2 aromatic rings. The Labute approximate surface area is 111 Å². The van der Waals surface area contributed by atoms with E-state index in [1.807, 2.05) is 24.3 Å². The van der Waals surface area contributed by atoms with Crippen molar-refractivity contribution in [2.24, 2.45) is 0 Å². The van der Waals surface area contributed by atoms with Crippen LogP contribution in [0.4, 0.5) is 5.82 Å². The zero-order chi connectivity index (χ0) is 13.2. The van der Waals surface area contributed by atoms with Crippen molar-refractivity contribution in [1.82, 2.24) is 10.2 Å². The van der Waals surface area contributed by atoms with Crippen LogP contribution in [0.2, 0.25) is 0 Å². The summed E-state index contributed by atoms with van der Waals surface area (Å²) in [5.74, 6) is 1.02. The third-order valence-electron chi connectivity index (χ3n) is 2.36. The van der Waals surface area contributed by atoms with Gasteiger partial charge in [-0.3, -0.25) is 9.89 Å². The number of nitrogens with zero attached hydrogens (tertiary/aromatic N) is 1.